The van der Waals surface area contributed by atoms with Crippen molar-refractivity contribution in [2.24, 2.45) is 0 Å². The van der Waals surface area contributed by atoms with E-state index in [0.717, 1.165) is 22.6 Å². The molecule has 0 aliphatic carbocycles. The summed E-state index contributed by atoms with van der Waals surface area (Å²) >= 11 is 0. The van der Waals surface area contributed by atoms with Gasteiger partial charge in [0.05, 0.1) is 0 Å². The number of nitrogens with zero attached hydrogens (tertiary/aromatic N) is 2. The maximum absolute atomic E-state index is 4.49. The molecule has 0 aliphatic heterocycles. The summed E-state index contributed by atoms with van der Waals surface area (Å²) in [5, 5.41) is 1.20. The maximum Gasteiger partial charge on any atom is 0.144 e. The second-order valence-electron chi connectivity index (χ2n) is 4.74. The molecule has 2 aromatic heterocycles. The number of benzene rings is 2. The van der Waals surface area contributed by atoms with Crippen LogP contribution in [0.4, 0.5) is 0 Å². The van der Waals surface area contributed by atoms with Gasteiger partial charge >= 0.3 is 0 Å². The first-order valence-electron chi connectivity index (χ1n) is 6.58. The average molecular weight is 259 g/mol. The lowest BCUT2D eigenvalue weighted by Gasteiger charge is -2.08. The van der Waals surface area contributed by atoms with Crippen molar-refractivity contribution in [1.29, 1.82) is 0 Å². The number of rotatable bonds is 2. The lowest BCUT2D eigenvalue weighted by Crippen LogP contribution is -1.95. The van der Waals surface area contributed by atoms with E-state index in [2.05, 4.69) is 50.9 Å². The molecule has 3 heteroatoms. The molecule has 4 rings (SSSR count). The number of H-pyrrole nitrogens is 1. The van der Waals surface area contributed by atoms with Crippen LogP contribution in [0.2, 0.25) is 0 Å². The lowest BCUT2D eigenvalue weighted by atomic mass is 10.2. The first kappa shape index (κ1) is 11.1. The quantitative estimate of drug-likeness (QED) is 0.579. The van der Waals surface area contributed by atoms with Gasteiger partial charge in [-0.25, -0.2) is 4.98 Å². The van der Waals surface area contributed by atoms with Crippen molar-refractivity contribution < 1.29 is 0 Å². The first-order chi connectivity index (χ1) is 9.92. The predicted molar refractivity (Wildman–Crippen MR) is 80.9 cm³/mol. The second-order valence-corrected chi connectivity index (χ2v) is 4.74. The minimum absolute atomic E-state index is 0.959. The normalized spacial score (nSPS) is 11.0. The molecule has 0 atom stereocenters. The molecular formula is C17H13N3. The molecule has 0 radical (unpaired) electrons. The van der Waals surface area contributed by atoms with Crippen molar-refractivity contribution in [3.63, 3.8) is 0 Å². The van der Waals surface area contributed by atoms with Crippen LogP contribution in [0.15, 0.2) is 73.2 Å². The van der Waals surface area contributed by atoms with Gasteiger partial charge in [-0.05, 0) is 24.3 Å². The number of fused-ring (bicyclic) bond motifs is 1. The van der Waals surface area contributed by atoms with Gasteiger partial charge in [0.15, 0.2) is 0 Å². The molecule has 0 saturated heterocycles. The largest absolute Gasteiger partial charge is 0.361 e. The van der Waals surface area contributed by atoms with E-state index in [1.807, 2.05) is 36.8 Å². The number of hydrogen-bond donors (Lipinski definition) is 1. The molecule has 3 nitrogen and oxygen atoms in total. The molecule has 20 heavy (non-hydrogen) atoms. The van der Waals surface area contributed by atoms with E-state index >= 15 is 0 Å². The maximum atomic E-state index is 4.49. The van der Waals surface area contributed by atoms with Crippen LogP contribution in [0.1, 0.15) is 0 Å². The zero-order valence-corrected chi connectivity index (χ0v) is 10.8. The van der Waals surface area contributed by atoms with Crippen molar-refractivity contribution in [2.45, 2.75) is 0 Å². The van der Waals surface area contributed by atoms with E-state index in [0.29, 0.717) is 0 Å². The van der Waals surface area contributed by atoms with E-state index in [1.54, 1.807) is 0 Å². The van der Waals surface area contributed by atoms with E-state index in [9.17, 15) is 0 Å². The molecule has 2 aromatic carbocycles. The van der Waals surface area contributed by atoms with Crippen LogP contribution >= 0.6 is 0 Å². The molecule has 0 bridgehead atoms. The summed E-state index contributed by atoms with van der Waals surface area (Å²) in [5.41, 5.74) is 3.38. The molecule has 0 amide bonds. The molecule has 0 unspecified atom stereocenters. The van der Waals surface area contributed by atoms with Gasteiger partial charge in [0.2, 0.25) is 0 Å². The van der Waals surface area contributed by atoms with Crippen molar-refractivity contribution in [1.82, 2.24) is 14.5 Å². The fraction of sp³-hybridized carbons (Fsp3) is 0. The van der Waals surface area contributed by atoms with Gasteiger partial charge in [0, 0.05) is 40.7 Å². The Morgan fingerprint density at radius 1 is 0.950 bits per heavy atom. The molecule has 1 N–H and O–H groups in total. The zero-order chi connectivity index (χ0) is 13.4. The van der Waals surface area contributed by atoms with Crippen molar-refractivity contribution >= 4 is 10.9 Å². The molecule has 96 valence electrons. The third-order valence-corrected chi connectivity index (χ3v) is 3.49. The number of imidazole rings is 1. The van der Waals surface area contributed by atoms with Crippen LogP contribution in [0.25, 0.3) is 28.0 Å². The third kappa shape index (κ3) is 1.72. The Hall–Kier alpha value is -2.81. The predicted octanol–water partition coefficient (Wildman–Crippen LogP) is 4.02. The molecule has 0 saturated carbocycles. The minimum atomic E-state index is 0.959. The van der Waals surface area contributed by atoms with Gasteiger partial charge in [0.1, 0.15) is 5.82 Å². The summed E-state index contributed by atoms with van der Waals surface area (Å²) < 4.78 is 2.11. The highest BCUT2D eigenvalue weighted by molar-refractivity contribution is 5.81. The van der Waals surface area contributed by atoms with Gasteiger partial charge in [0.25, 0.3) is 0 Å². The zero-order valence-electron chi connectivity index (χ0n) is 10.8. The van der Waals surface area contributed by atoms with E-state index in [1.165, 1.54) is 5.39 Å². The summed E-state index contributed by atoms with van der Waals surface area (Å²) in [6.07, 6.45) is 5.79. The van der Waals surface area contributed by atoms with Crippen molar-refractivity contribution in [3.05, 3.63) is 73.2 Å². The van der Waals surface area contributed by atoms with Gasteiger partial charge < -0.3 is 4.98 Å². The van der Waals surface area contributed by atoms with Crippen molar-refractivity contribution in [2.75, 3.05) is 0 Å². The van der Waals surface area contributed by atoms with E-state index in [-0.39, 0.29) is 0 Å². The first-order valence-corrected chi connectivity index (χ1v) is 6.58. The Balaban J connectivity index is 1.88. The van der Waals surface area contributed by atoms with Gasteiger partial charge in [-0.1, -0.05) is 30.3 Å². The molecule has 4 aromatic rings. The minimum Gasteiger partial charge on any atom is -0.361 e. The van der Waals surface area contributed by atoms with E-state index < -0.39 is 0 Å². The Kier molecular flexibility index (Phi) is 2.42. The highest BCUT2D eigenvalue weighted by Gasteiger charge is 2.07. The van der Waals surface area contributed by atoms with Crippen LogP contribution in [0.5, 0.6) is 0 Å². The lowest BCUT2D eigenvalue weighted by molar-refractivity contribution is 1.07. The highest BCUT2D eigenvalue weighted by atomic mass is 15.1. The summed E-state index contributed by atoms with van der Waals surface area (Å²) in [6.45, 7) is 0. The Bertz CT molecular complexity index is 856. The topological polar surface area (TPSA) is 33.6 Å². The third-order valence-electron chi connectivity index (χ3n) is 3.49. The fourth-order valence-electron chi connectivity index (χ4n) is 2.50. The van der Waals surface area contributed by atoms with Crippen LogP contribution in [-0.2, 0) is 0 Å². The van der Waals surface area contributed by atoms with Gasteiger partial charge in [-0.2, -0.15) is 0 Å². The summed E-state index contributed by atoms with van der Waals surface area (Å²) in [5.74, 6) is 0.959. The van der Waals surface area contributed by atoms with Crippen LogP contribution in [0, 0.1) is 0 Å². The molecule has 0 fully saturated rings. The molecule has 2 heterocycles. The van der Waals surface area contributed by atoms with Crippen molar-refractivity contribution in [3.8, 4) is 17.1 Å². The molecule has 0 aliphatic rings. The molecular weight excluding hydrogens is 246 g/mol. The summed E-state index contributed by atoms with van der Waals surface area (Å²) in [6, 6.07) is 18.7. The average Bonchev–Trinajstić information content (AvgIpc) is 3.16. The van der Waals surface area contributed by atoms with Gasteiger partial charge in [-0.15, -0.1) is 0 Å². The standard InChI is InChI=1S/C17H13N3/c1-2-4-13(5-3-1)17-19-10-11-20(17)15-6-7-16-14(12-15)8-9-18-16/h1-12,18H. The SMILES string of the molecule is c1ccc(-c2nccn2-c2ccc3[nH]ccc3c2)cc1. The summed E-state index contributed by atoms with van der Waals surface area (Å²) in [7, 11) is 0. The van der Waals surface area contributed by atoms with E-state index in [4.69, 9.17) is 0 Å². The Labute approximate surface area is 116 Å². The van der Waals surface area contributed by atoms with Gasteiger partial charge in [-0.3, -0.25) is 4.57 Å². The number of nitrogens with one attached hydrogen (secondary N) is 1. The highest BCUT2D eigenvalue weighted by Crippen LogP contribution is 2.23. The monoisotopic (exact) mass is 259 g/mol. The van der Waals surface area contributed by atoms with Crippen LogP contribution < -0.4 is 0 Å². The Morgan fingerprint density at radius 2 is 1.85 bits per heavy atom. The fourth-order valence-corrected chi connectivity index (χ4v) is 2.50. The van der Waals surface area contributed by atoms with Crippen LogP contribution in [0.3, 0.4) is 0 Å². The number of hydrogen-bond acceptors (Lipinski definition) is 1. The molecule has 0 spiro atoms. The Morgan fingerprint density at radius 3 is 2.75 bits per heavy atom. The van der Waals surface area contributed by atoms with Crippen LogP contribution in [-0.4, -0.2) is 14.5 Å². The smallest absolute Gasteiger partial charge is 0.144 e. The summed E-state index contributed by atoms with van der Waals surface area (Å²) in [4.78, 5) is 7.70. The second kappa shape index (κ2) is 4.38. The number of aromatic nitrogens is 3. The number of aromatic amines is 1.